The van der Waals surface area contributed by atoms with Gasteiger partial charge in [-0.1, -0.05) is 37.3 Å². The summed E-state index contributed by atoms with van der Waals surface area (Å²) in [6, 6.07) is 10.9. The van der Waals surface area contributed by atoms with Crippen LogP contribution in [0.15, 0.2) is 30.3 Å². The Morgan fingerprint density at radius 2 is 1.94 bits per heavy atom. The number of benzene rings is 1. The van der Waals surface area contributed by atoms with Gasteiger partial charge in [-0.2, -0.15) is 0 Å². The first-order valence-corrected chi connectivity index (χ1v) is 6.15. The maximum absolute atomic E-state index is 5.90. The second kappa shape index (κ2) is 7.43. The van der Waals surface area contributed by atoms with E-state index in [9.17, 15) is 0 Å². The maximum atomic E-state index is 5.90. The van der Waals surface area contributed by atoms with E-state index in [1.807, 2.05) is 6.07 Å². The van der Waals surface area contributed by atoms with E-state index in [4.69, 9.17) is 10.5 Å². The molecule has 0 aliphatic heterocycles. The van der Waals surface area contributed by atoms with Crippen molar-refractivity contribution < 1.29 is 4.74 Å². The number of nitrogens with zero attached hydrogens (tertiary/aromatic N) is 1. The Morgan fingerprint density at radius 1 is 1.29 bits per heavy atom. The highest BCUT2D eigenvalue weighted by molar-refractivity contribution is 5.20. The Kier molecular flexibility index (Phi) is 6.19. The standard InChI is InChI=1S/C14H24N2O/c1-12(13-7-5-4-6-8-13)14(11-15)16(2)9-10-17-3/h4-8,12,14H,9-11,15H2,1-3H3. The van der Waals surface area contributed by atoms with Crippen LogP contribution in [0.5, 0.6) is 0 Å². The van der Waals surface area contributed by atoms with Gasteiger partial charge in [0.15, 0.2) is 0 Å². The van der Waals surface area contributed by atoms with E-state index in [2.05, 4.69) is 43.1 Å². The van der Waals surface area contributed by atoms with Crippen molar-refractivity contribution in [1.29, 1.82) is 0 Å². The minimum atomic E-state index is 0.354. The molecule has 1 aromatic carbocycles. The van der Waals surface area contributed by atoms with Crippen molar-refractivity contribution in [2.45, 2.75) is 18.9 Å². The summed E-state index contributed by atoms with van der Waals surface area (Å²) in [6.07, 6.45) is 0. The van der Waals surface area contributed by atoms with Crippen LogP contribution >= 0.6 is 0 Å². The van der Waals surface area contributed by atoms with Gasteiger partial charge in [0, 0.05) is 26.2 Å². The van der Waals surface area contributed by atoms with E-state index in [1.54, 1.807) is 7.11 Å². The Hall–Kier alpha value is -0.900. The monoisotopic (exact) mass is 236 g/mol. The van der Waals surface area contributed by atoms with Crippen LogP contribution in [-0.4, -0.2) is 44.8 Å². The highest BCUT2D eigenvalue weighted by Gasteiger charge is 2.21. The van der Waals surface area contributed by atoms with Crippen LogP contribution in [-0.2, 0) is 4.74 Å². The van der Waals surface area contributed by atoms with Gasteiger partial charge in [0.05, 0.1) is 6.61 Å². The van der Waals surface area contributed by atoms with E-state index < -0.39 is 0 Å². The summed E-state index contributed by atoms with van der Waals surface area (Å²) in [7, 11) is 3.84. The van der Waals surface area contributed by atoms with Crippen LogP contribution in [0.4, 0.5) is 0 Å². The summed E-state index contributed by atoms with van der Waals surface area (Å²) in [5, 5.41) is 0. The van der Waals surface area contributed by atoms with E-state index in [1.165, 1.54) is 5.56 Å². The largest absolute Gasteiger partial charge is 0.383 e. The molecule has 2 N–H and O–H groups in total. The predicted molar refractivity (Wildman–Crippen MR) is 72.2 cm³/mol. The van der Waals surface area contributed by atoms with Crippen molar-refractivity contribution in [3.05, 3.63) is 35.9 Å². The summed E-state index contributed by atoms with van der Waals surface area (Å²) < 4.78 is 5.11. The lowest BCUT2D eigenvalue weighted by Crippen LogP contribution is -2.43. The van der Waals surface area contributed by atoms with Crippen LogP contribution in [0, 0.1) is 0 Å². The summed E-state index contributed by atoms with van der Waals surface area (Å²) in [4.78, 5) is 2.28. The minimum Gasteiger partial charge on any atom is -0.383 e. The molecule has 0 heterocycles. The first kappa shape index (κ1) is 14.2. The molecule has 1 aromatic rings. The highest BCUT2D eigenvalue weighted by atomic mass is 16.5. The molecule has 0 saturated heterocycles. The normalized spacial score (nSPS) is 14.9. The third kappa shape index (κ3) is 4.11. The second-order valence-electron chi connectivity index (χ2n) is 4.48. The first-order valence-electron chi connectivity index (χ1n) is 6.15. The molecule has 17 heavy (non-hydrogen) atoms. The third-order valence-corrected chi connectivity index (χ3v) is 3.36. The van der Waals surface area contributed by atoms with Gasteiger partial charge < -0.3 is 10.5 Å². The average Bonchev–Trinajstić information content (AvgIpc) is 2.38. The van der Waals surface area contributed by atoms with Gasteiger partial charge in [0.25, 0.3) is 0 Å². The summed E-state index contributed by atoms with van der Waals surface area (Å²) in [6.45, 7) is 4.55. The minimum absolute atomic E-state index is 0.354. The van der Waals surface area contributed by atoms with Crippen molar-refractivity contribution in [2.24, 2.45) is 5.73 Å². The number of rotatable bonds is 7. The zero-order valence-corrected chi connectivity index (χ0v) is 11.1. The van der Waals surface area contributed by atoms with E-state index in [0.29, 0.717) is 18.5 Å². The van der Waals surface area contributed by atoms with Gasteiger partial charge in [0.2, 0.25) is 0 Å². The molecule has 96 valence electrons. The number of ether oxygens (including phenoxy) is 1. The van der Waals surface area contributed by atoms with Crippen molar-refractivity contribution >= 4 is 0 Å². The molecule has 0 bridgehead atoms. The van der Waals surface area contributed by atoms with Crippen LogP contribution in [0.2, 0.25) is 0 Å². The lowest BCUT2D eigenvalue weighted by Gasteiger charge is -2.32. The van der Waals surface area contributed by atoms with Crippen molar-refractivity contribution in [3.63, 3.8) is 0 Å². The molecule has 0 fully saturated rings. The number of hydrogen-bond acceptors (Lipinski definition) is 3. The molecule has 2 atom stereocenters. The third-order valence-electron chi connectivity index (χ3n) is 3.36. The molecule has 2 unspecified atom stereocenters. The Morgan fingerprint density at radius 3 is 2.47 bits per heavy atom. The first-order chi connectivity index (χ1) is 8.20. The van der Waals surface area contributed by atoms with Crippen molar-refractivity contribution in [1.82, 2.24) is 4.90 Å². The maximum Gasteiger partial charge on any atom is 0.0589 e. The zero-order chi connectivity index (χ0) is 12.7. The lowest BCUT2D eigenvalue weighted by molar-refractivity contribution is 0.132. The Bertz CT molecular complexity index is 302. The topological polar surface area (TPSA) is 38.5 Å². The average molecular weight is 236 g/mol. The summed E-state index contributed by atoms with van der Waals surface area (Å²) >= 11 is 0. The molecule has 0 aromatic heterocycles. The molecule has 0 saturated carbocycles. The highest BCUT2D eigenvalue weighted by Crippen LogP contribution is 2.21. The van der Waals surface area contributed by atoms with Gasteiger partial charge in [-0.3, -0.25) is 4.90 Å². The van der Waals surface area contributed by atoms with E-state index in [-0.39, 0.29) is 0 Å². The molecule has 0 radical (unpaired) electrons. The number of methoxy groups -OCH3 is 1. The molecule has 0 amide bonds. The zero-order valence-electron chi connectivity index (χ0n) is 11.1. The van der Waals surface area contributed by atoms with Gasteiger partial charge in [-0.15, -0.1) is 0 Å². The number of likely N-dealkylation sites (N-methyl/N-ethyl adjacent to an activating group) is 1. The SMILES string of the molecule is COCCN(C)C(CN)C(C)c1ccccc1. The molecule has 0 aliphatic rings. The second-order valence-corrected chi connectivity index (χ2v) is 4.48. The smallest absolute Gasteiger partial charge is 0.0589 e. The number of nitrogens with two attached hydrogens (primary N) is 1. The molecule has 3 nitrogen and oxygen atoms in total. The molecule has 0 aliphatic carbocycles. The van der Waals surface area contributed by atoms with Gasteiger partial charge >= 0.3 is 0 Å². The van der Waals surface area contributed by atoms with Crippen LogP contribution in [0.25, 0.3) is 0 Å². The fourth-order valence-corrected chi connectivity index (χ4v) is 2.15. The molecular weight excluding hydrogens is 212 g/mol. The Labute approximate surface area is 105 Å². The fraction of sp³-hybridized carbons (Fsp3) is 0.571. The van der Waals surface area contributed by atoms with Crippen molar-refractivity contribution in [3.8, 4) is 0 Å². The quantitative estimate of drug-likeness (QED) is 0.783. The fourth-order valence-electron chi connectivity index (χ4n) is 2.15. The van der Waals surface area contributed by atoms with E-state index in [0.717, 1.165) is 13.2 Å². The van der Waals surface area contributed by atoms with E-state index >= 15 is 0 Å². The van der Waals surface area contributed by atoms with Crippen LogP contribution in [0.1, 0.15) is 18.4 Å². The Balaban J connectivity index is 2.66. The molecule has 1 rings (SSSR count). The van der Waals surface area contributed by atoms with Crippen molar-refractivity contribution in [2.75, 3.05) is 33.9 Å². The van der Waals surface area contributed by atoms with Crippen LogP contribution < -0.4 is 5.73 Å². The molecular formula is C14H24N2O. The number of hydrogen-bond donors (Lipinski definition) is 1. The van der Waals surface area contributed by atoms with Crippen LogP contribution in [0.3, 0.4) is 0 Å². The predicted octanol–water partition coefficient (Wildman–Crippen LogP) is 1.70. The van der Waals surface area contributed by atoms with Gasteiger partial charge in [0.1, 0.15) is 0 Å². The van der Waals surface area contributed by atoms with Gasteiger partial charge in [-0.05, 0) is 18.5 Å². The summed E-state index contributed by atoms with van der Waals surface area (Å²) in [5.74, 6) is 0.433. The van der Waals surface area contributed by atoms with Gasteiger partial charge in [-0.25, -0.2) is 0 Å². The lowest BCUT2D eigenvalue weighted by atomic mass is 9.92. The molecule has 3 heteroatoms. The molecule has 0 spiro atoms. The summed E-state index contributed by atoms with van der Waals surface area (Å²) in [5.41, 5.74) is 7.24.